The molecule has 1 saturated heterocycles. The molecule has 2 aromatic rings. The van der Waals surface area contributed by atoms with E-state index in [2.05, 4.69) is 25.1 Å². The van der Waals surface area contributed by atoms with E-state index in [-0.39, 0.29) is 23.6 Å². The Labute approximate surface area is 175 Å². The molecule has 154 valence electrons. The summed E-state index contributed by atoms with van der Waals surface area (Å²) in [5.41, 5.74) is 3.21. The number of hydrogen-bond acceptors (Lipinski definition) is 7. The second-order valence-corrected chi connectivity index (χ2v) is 10.4. The first-order chi connectivity index (χ1) is 13.9. The van der Waals surface area contributed by atoms with E-state index in [1.807, 2.05) is 29.2 Å². The van der Waals surface area contributed by atoms with Gasteiger partial charge >= 0.3 is 0 Å². The lowest BCUT2D eigenvalue weighted by molar-refractivity contribution is 0.403. The van der Waals surface area contributed by atoms with Crippen LogP contribution in [0.25, 0.3) is 0 Å². The van der Waals surface area contributed by atoms with E-state index in [1.54, 1.807) is 26.0 Å². The number of rotatable bonds is 5. The zero-order valence-electron chi connectivity index (χ0n) is 16.7. The summed E-state index contributed by atoms with van der Waals surface area (Å²) in [5, 5.41) is 0.822. The van der Waals surface area contributed by atoms with Crippen LogP contribution in [0.3, 0.4) is 0 Å². The van der Waals surface area contributed by atoms with Crippen molar-refractivity contribution in [1.82, 2.24) is 0 Å². The molecule has 2 aliphatic rings. The summed E-state index contributed by atoms with van der Waals surface area (Å²) < 4.78 is 35.5. The van der Waals surface area contributed by atoms with E-state index in [9.17, 15) is 8.42 Å². The van der Waals surface area contributed by atoms with Gasteiger partial charge in [-0.1, -0.05) is 41.6 Å². The SMILES string of the molecule is COc1ccc(OC)c(N2C(SCc3cccc(C)c3)=N[C@H]3CS(=O)(=O)C[C@@H]32)c1. The minimum absolute atomic E-state index is 0.0922. The van der Waals surface area contributed by atoms with E-state index < -0.39 is 9.84 Å². The Hall–Kier alpha value is -2.19. The van der Waals surface area contributed by atoms with Crippen LogP contribution in [-0.4, -0.2) is 51.4 Å². The van der Waals surface area contributed by atoms with Crippen LogP contribution in [0, 0.1) is 6.92 Å². The van der Waals surface area contributed by atoms with Crippen molar-refractivity contribution in [3.63, 3.8) is 0 Å². The van der Waals surface area contributed by atoms with Crippen LogP contribution in [0.4, 0.5) is 5.69 Å². The molecule has 0 saturated carbocycles. The van der Waals surface area contributed by atoms with E-state index in [0.29, 0.717) is 11.5 Å². The minimum Gasteiger partial charge on any atom is -0.497 e. The average molecular weight is 433 g/mol. The number of anilines is 1. The standard InChI is InChI=1S/C21H24N2O4S2/c1-14-5-4-6-15(9-14)11-28-21-22-17-12-29(24,25)13-19(17)23(21)18-10-16(26-2)7-8-20(18)27-3/h4-10,17,19H,11-13H2,1-3H3/t17-,19-/m0/s1. The van der Waals surface area contributed by atoms with Gasteiger partial charge < -0.3 is 14.4 Å². The molecule has 0 bridgehead atoms. The van der Waals surface area contributed by atoms with E-state index in [4.69, 9.17) is 14.5 Å². The number of ether oxygens (including phenoxy) is 2. The number of sulfone groups is 1. The molecule has 2 heterocycles. The van der Waals surface area contributed by atoms with Crippen LogP contribution in [0.15, 0.2) is 47.5 Å². The molecule has 0 aromatic heterocycles. The molecule has 0 N–H and O–H groups in total. The van der Waals surface area contributed by atoms with Gasteiger partial charge in [-0.25, -0.2) is 8.42 Å². The van der Waals surface area contributed by atoms with Gasteiger partial charge in [0.25, 0.3) is 0 Å². The number of methoxy groups -OCH3 is 2. The van der Waals surface area contributed by atoms with E-state index in [1.165, 1.54) is 11.1 Å². The lowest BCUT2D eigenvalue weighted by atomic mass is 10.1. The highest BCUT2D eigenvalue weighted by Crippen LogP contribution is 2.41. The number of benzene rings is 2. The molecule has 8 heteroatoms. The van der Waals surface area contributed by atoms with Gasteiger partial charge in [0.15, 0.2) is 15.0 Å². The van der Waals surface area contributed by atoms with Gasteiger partial charge in [0.1, 0.15) is 11.5 Å². The molecular weight excluding hydrogens is 408 g/mol. The second-order valence-electron chi connectivity index (χ2n) is 7.31. The quantitative estimate of drug-likeness (QED) is 0.722. The third kappa shape index (κ3) is 4.09. The van der Waals surface area contributed by atoms with Crippen LogP contribution in [0.1, 0.15) is 11.1 Å². The first kappa shape index (κ1) is 20.1. The highest BCUT2D eigenvalue weighted by Gasteiger charge is 2.47. The van der Waals surface area contributed by atoms with Gasteiger partial charge in [-0.3, -0.25) is 4.99 Å². The lowest BCUT2D eigenvalue weighted by Gasteiger charge is -2.28. The van der Waals surface area contributed by atoms with Crippen molar-refractivity contribution in [3.05, 3.63) is 53.6 Å². The highest BCUT2D eigenvalue weighted by atomic mass is 32.2. The number of amidine groups is 1. The Morgan fingerprint density at radius 3 is 2.69 bits per heavy atom. The Morgan fingerprint density at radius 2 is 1.97 bits per heavy atom. The molecule has 2 atom stereocenters. The normalized spacial score (nSPS) is 22.3. The molecule has 0 amide bonds. The number of nitrogens with zero attached hydrogens (tertiary/aromatic N) is 2. The number of fused-ring (bicyclic) bond motifs is 1. The number of aryl methyl sites for hydroxylation is 1. The van der Waals surface area contributed by atoms with Crippen molar-refractivity contribution >= 4 is 32.5 Å². The summed E-state index contributed by atoms with van der Waals surface area (Å²) in [6, 6.07) is 13.5. The Balaban J connectivity index is 1.69. The zero-order chi connectivity index (χ0) is 20.6. The van der Waals surface area contributed by atoms with Gasteiger partial charge in [0, 0.05) is 11.8 Å². The largest absolute Gasteiger partial charge is 0.497 e. The fraction of sp³-hybridized carbons (Fsp3) is 0.381. The highest BCUT2D eigenvalue weighted by molar-refractivity contribution is 8.13. The minimum atomic E-state index is -3.11. The van der Waals surface area contributed by atoms with Crippen LogP contribution in [0.5, 0.6) is 11.5 Å². The summed E-state index contributed by atoms with van der Waals surface area (Å²) in [6.07, 6.45) is 0. The Kier molecular flexibility index (Phi) is 5.48. The van der Waals surface area contributed by atoms with Crippen molar-refractivity contribution < 1.29 is 17.9 Å². The topological polar surface area (TPSA) is 68.2 Å². The molecule has 2 aliphatic heterocycles. The first-order valence-electron chi connectivity index (χ1n) is 9.38. The molecule has 0 unspecified atom stereocenters. The third-order valence-electron chi connectivity index (χ3n) is 5.20. The lowest BCUT2D eigenvalue weighted by Crippen LogP contribution is -2.39. The first-order valence-corrected chi connectivity index (χ1v) is 12.2. The average Bonchev–Trinajstić information content (AvgIpc) is 3.16. The molecule has 6 nitrogen and oxygen atoms in total. The van der Waals surface area contributed by atoms with Crippen LogP contribution < -0.4 is 14.4 Å². The summed E-state index contributed by atoms with van der Waals surface area (Å²) in [7, 11) is 0.115. The Morgan fingerprint density at radius 1 is 1.14 bits per heavy atom. The van der Waals surface area contributed by atoms with Crippen molar-refractivity contribution in [2.24, 2.45) is 4.99 Å². The maximum atomic E-state index is 12.3. The van der Waals surface area contributed by atoms with Crippen molar-refractivity contribution in [2.45, 2.75) is 24.8 Å². The predicted molar refractivity (Wildman–Crippen MR) is 118 cm³/mol. The monoisotopic (exact) mass is 432 g/mol. The van der Waals surface area contributed by atoms with Crippen molar-refractivity contribution in [2.75, 3.05) is 30.6 Å². The van der Waals surface area contributed by atoms with Crippen molar-refractivity contribution in [3.8, 4) is 11.5 Å². The van der Waals surface area contributed by atoms with Crippen LogP contribution in [-0.2, 0) is 15.6 Å². The second kappa shape index (κ2) is 7.91. The van der Waals surface area contributed by atoms with Gasteiger partial charge in [0.05, 0.1) is 43.5 Å². The zero-order valence-corrected chi connectivity index (χ0v) is 18.3. The van der Waals surface area contributed by atoms with Gasteiger partial charge in [-0.05, 0) is 24.6 Å². The summed E-state index contributed by atoms with van der Waals surface area (Å²) in [5.74, 6) is 2.30. The maximum Gasteiger partial charge on any atom is 0.164 e. The molecule has 4 rings (SSSR count). The molecule has 0 aliphatic carbocycles. The van der Waals surface area contributed by atoms with Crippen molar-refractivity contribution in [1.29, 1.82) is 0 Å². The summed E-state index contributed by atoms with van der Waals surface area (Å²) >= 11 is 1.62. The molecular formula is C21H24N2O4S2. The third-order valence-corrected chi connectivity index (χ3v) is 7.94. The van der Waals surface area contributed by atoms with Crippen LogP contribution >= 0.6 is 11.8 Å². The van der Waals surface area contributed by atoms with Gasteiger partial charge in [-0.15, -0.1) is 0 Å². The Bertz CT molecular complexity index is 1050. The smallest absolute Gasteiger partial charge is 0.164 e. The number of hydrogen-bond donors (Lipinski definition) is 0. The molecule has 2 aromatic carbocycles. The number of aliphatic imine (C=N–C) groups is 1. The molecule has 1 fully saturated rings. The molecule has 0 radical (unpaired) electrons. The fourth-order valence-electron chi connectivity index (χ4n) is 3.85. The summed E-state index contributed by atoms with van der Waals surface area (Å²) in [4.78, 5) is 6.83. The summed E-state index contributed by atoms with van der Waals surface area (Å²) in [6.45, 7) is 2.07. The number of thioether (sulfide) groups is 1. The van der Waals surface area contributed by atoms with E-state index >= 15 is 0 Å². The predicted octanol–water partition coefficient (Wildman–Crippen LogP) is 3.29. The van der Waals surface area contributed by atoms with Gasteiger partial charge in [0.2, 0.25) is 0 Å². The fourth-order valence-corrected chi connectivity index (χ4v) is 6.75. The van der Waals surface area contributed by atoms with Crippen LogP contribution in [0.2, 0.25) is 0 Å². The molecule has 0 spiro atoms. The van der Waals surface area contributed by atoms with E-state index in [0.717, 1.165) is 16.6 Å². The van der Waals surface area contributed by atoms with Gasteiger partial charge in [-0.2, -0.15) is 0 Å². The maximum absolute atomic E-state index is 12.3. The molecule has 29 heavy (non-hydrogen) atoms.